The molecule has 1 aromatic heterocycles. The number of hydrogen-bond acceptors (Lipinski definition) is 4. The van der Waals surface area contributed by atoms with Crippen molar-refractivity contribution in [1.82, 2.24) is 9.78 Å². The smallest absolute Gasteiger partial charge is 0.423 e. The van der Waals surface area contributed by atoms with Gasteiger partial charge >= 0.3 is 7.12 Å². The van der Waals surface area contributed by atoms with Gasteiger partial charge in [-0.15, -0.1) is 0 Å². The molecule has 3 rings (SSSR count). The average Bonchev–Trinajstić information content (AvgIpc) is 2.83. The Morgan fingerprint density at radius 3 is 2.48 bits per heavy atom. The largest absolute Gasteiger partial charge is 0.488 e. The van der Waals surface area contributed by atoms with Crippen LogP contribution in [0.3, 0.4) is 0 Å². The molecule has 0 atom stereocenters. The van der Waals surface area contributed by atoms with Gasteiger partial charge in [-0.3, -0.25) is 19.4 Å². The third-order valence-corrected chi connectivity index (χ3v) is 3.67. The lowest BCUT2D eigenvalue weighted by Gasteiger charge is -2.06. The number of fused-ring (bicyclic) bond motifs is 1. The van der Waals surface area contributed by atoms with Crippen LogP contribution in [0.2, 0.25) is 0 Å². The van der Waals surface area contributed by atoms with Crippen LogP contribution >= 0.6 is 0 Å². The highest BCUT2D eigenvalue weighted by molar-refractivity contribution is 6.58. The lowest BCUT2D eigenvalue weighted by molar-refractivity contribution is 0.100. The summed E-state index contributed by atoms with van der Waals surface area (Å²) in [6.07, 6.45) is 0. The number of rotatable bonds is 4. The van der Waals surface area contributed by atoms with Crippen LogP contribution in [-0.2, 0) is 6.54 Å². The molecule has 0 aliphatic rings. The Kier molecular flexibility index (Phi) is 3.77. The van der Waals surface area contributed by atoms with Gasteiger partial charge in [0.05, 0.1) is 17.4 Å². The number of benzene rings is 2. The minimum atomic E-state index is -1.51. The van der Waals surface area contributed by atoms with E-state index in [1.54, 1.807) is 41.1 Å². The number of primary amides is 1. The Labute approximate surface area is 131 Å². The summed E-state index contributed by atoms with van der Waals surface area (Å²) in [4.78, 5) is 23.2. The maximum atomic E-state index is 12.0. The van der Waals surface area contributed by atoms with E-state index >= 15 is 0 Å². The molecule has 0 radical (unpaired) electrons. The van der Waals surface area contributed by atoms with Gasteiger partial charge in [-0.2, -0.15) is 0 Å². The molecule has 0 fully saturated rings. The van der Waals surface area contributed by atoms with Gasteiger partial charge in [-0.1, -0.05) is 24.3 Å². The summed E-state index contributed by atoms with van der Waals surface area (Å²) < 4.78 is 1.66. The van der Waals surface area contributed by atoms with Crippen LogP contribution in [-0.4, -0.2) is 32.9 Å². The van der Waals surface area contributed by atoms with E-state index in [9.17, 15) is 9.59 Å². The third-order valence-electron chi connectivity index (χ3n) is 3.67. The maximum absolute atomic E-state index is 12.0. The number of H-pyrrole nitrogens is 1. The molecule has 0 aliphatic heterocycles. The summed E-state index contributed by atoms with van der Waals surface area (Å²) in [5.74, 6) is -0.586. The van der Waals surface area contributed by atoms with Crippen molar-refractivity contribution >= 4 is 29.4 Å². The minimum Gasteiger partial charge on any atom is -0.423 e. The first-order valence-electron chi connectivity index (χ1n) is 6.93. The van der Waals surface area contributed by atoms with Crippen molar-refractivity contribution in [3.8, 4) is 0 Å². The number of carbonyl (C=O) groups excluding carboxylic acids is 1. The fourth-order valence-corrected chi connectivity index (χ4v) is 2.45. The molecule has 1 amide bonds. The van der Waals surface area contributed by atoms with Crippen LogP contribution in [0.4, 0.5) is 0 Å². The highest BCUT2D eigenvalue weighted by Gasteiger charge is 2.12. The standard InChI is InChI=1S/C15H14BN3O4/c17-14(20)10-3-6-13-12(7-10)15(21)18-19(13)8-9-1-4-11(5-2-9)16(22)23/h1-7,22-23H,8H2,(H2,17,20)(H,18,21). The fourth-order valence-electron chi connectivity index (χ4n) is 2.45. The SMILES string of the molecule is NC(=O)c1ccc2c(c1)c(=O)[nH]n2Cc1ccc(B(O)O)cc1. The second-order valence-corrected chi connectivity index (χ2v) is 5.24. The van der Waals surface area contributed by atoms with Gasteiger partial charge in [-0.25, -0.2) is 0 Å². The molecule has 7 nitrogen and oxygen atoms in total. The fraction of sp³-hybridized carbons (Fsp3) is 0.0667. The van der Waals surface area contributed by atoms with E-state index < -0.39 is 13.0 Å². The molecule has 5 N–H and O–H groups in total. The molecule has 116 valence electrons. The predicted molar refractivity (Wildman–Crippen MR) is 86.4 cm³/mol. The molecule has 8 heteroatoms. The molecule has 1 heterocycles. The van der Waals surface area contributed by atoms with Crippen molar-refractivity contribution in [2.24, 2.45) is 5.73 Å². The molecule has 0 aliphatic carbocycles. The number of hydrogen-bond donors (Lipinski definition) is 4. The number of aromatic amines is 1. The Morgan fingerprint density at radius 1 is 1.17 bits per heavy atom. The Hall–Kier alpha value is -2.84. The van der Waals surface area contributed by atoms with Crippen LogP contribution < -0.4 is 16.8 Å². The monoisotopic (exact) mass is 311 g/mol. The van der Waals surface area contributed by atoms with E-state index in [4.69, 9.17) is 15.8 Å². The number of aromatic nitrogens is 2. The second kappa shape index (κ2) is 5.75. The van der Waals surface area contributed by atoms with Crippen LogP contribution in [0.1, 0.15) is 15.9 Å². The lowest BCUT2D eigenvalue weighted by Crippen LogP contribution is -2.29. The average molecular weight is 311 g/mol. The molecule has 3 aromatic rings. The highest BCUT2D eigenvalue weighted by atomic mass is 16.4. The summed E-state index contributed by atoms with van der Waals surface area (Å²) in [5, 5.41) is 21.3. The zero-order valence-electron chi connectivity index (χ0n) is 12.1. The van der Waals surface area contributed by atoms with Crippen LogP contribution in [0, 0.1) is 0 Å². The normalized spacial score (nSPS) is 10.9. The van der Waals surface area contributed by atoms with E-state index in [-0.39, 0.29) is 11.1 Å². The maximum Gasteiger partial charge on any atom is 0.488 e. The first-order valence-corrected chi connectivity index (χ1v) is 6.93. The number of nitrogens with two attached hydrogens (primary N) is 1. The van der Waals surface area contributed by atoms with Crippen molar-refractivity contribution < 1.29 is 14.8 Å². The molecule has 0 saturated carbocycles. The van der Waals surface area contributed by atoms with Crippen molar-refractivity contribution in [2.75, 3.05) is 0 Å². The van der Waals surface area contributed by atoms with Crippen LogP contribution in [0.5, 0.6) is 0 Å². The van der Waals surface area contributed by atoms with Crippen molar-refractivity contribution in [3.05, 3.63) is 63.9 Å². The first-order chi connectivity index (χ1) is 11.0. The number of amides is 1. The molecule has 23 heavy (non-hydrogen) atoms. The van der Waals surface area contributed by atoms with Crippen molar-refractivity contribution in [3.63, 3.8) is 0 Å². The Bertz CT molecular complexity index is 928. The Morgan fingerprint density at radius 2 is 1.87 bits per heavy atom. The highest BCUT2D eigenvalue weighted by Crippen LogP contribution is 2.14. The molecular formula is C15H14BN3O4. The van der Waals surface area contributed by atoms with Gasteiger partial charge in [0, 0.05) is 5.56 Å². The van der Waals surface area contributed by atoms with Gasteiger partial charge in [0.25, 0.3) is 5.56 Å². The van der Waals surface area contributed by atoms with Crippen molar-refractivity contribution in [2.45, 2.75) is 6.54 Å². The Balaban J connectivity index is 1.97. The zero-order chi connectivity index (χ0) is 16.6. The molecule has 0 unspecified atom stereocenters. The van der Waals surface area contributed by atoms with Gasteiger partial charge in [-0.05, 0) is 29.2 Å². The number of carbonyl (C=O) groups is 1. The number of nitrogens with zero attached hydrogens (tertiary/aromatic N) is 1. The summed E-state index contributed by atoms with van der Waals surface area (Å²) in [5.41, 5.74) is 7.13. The van der Waals surface area contributed by atoms with Gasteiger partial charge < -0.3 is 15.8 Å². The lowest BCUT2D eigenvalue weighted by atomic mass is 9.80. The van der Waals surface area contributed by atoms with Crippen LogP contribution in [0.15, 0.2) is 47.3 Å². The zero-order valence-corrected chi connectivity index (χ0v) is 12.1. The first kappa shape index (κ1) is 15.1. The molecule has 0 saturated heterocycles. The predicted octanol–water partition coefficient (Wildman–Crippen LogP) is -0.843. The minimum absolute atomic E-state index is 0.280. The summed E-state index contributed by atoms with van der Waals surface area (Å²) in [7, 11) is -1.51. The third kappa shape index (κ3) is 2.89. The van der Waals surface area contributed by atoms with E-state index in [0.29, 0.717) is 22.9 Å². The van der Waals surface area contributed by atoms with E-state index in [2.05, 4.69) is 5.10 Å². The van der Waals surface area contributed by atoms with Gasteiger partial charge in [0.1, 0.15) is 0 Å². The summed E-state index contributed by atoms with van der Waals surface area (Å²) in [6.45, 7) is 0.399. The van der Waals surface area contributed by atoms with E-state index in [1.165, 1.54) is 6.07 Å². The van der Waals surface area contributed by atoms with Gasteiger partial charge in [0.15, 0.2) is 0 Å². The van der Waals surface area contributed by atoms with E-state index in [0.717, 1.165) is 5.56 Å². The van der Waals surface area contributed by atoms with Crippen LogP contribution in [0.25, 0.3) is 10.9 Å². The van der Waals surface area contributed by atoms with Gasteiger partial charge in [0.2, 0.25) is 5.91 Å². The molecule has 0 spiro atoms. The molecular weight excluding hydrogens is 297 g/mol. The van der Waals surface area contributed by atoms with E-state index in [1.807, 2.05) is 0 Å². The second-order valence-electron chi connectivity index (χ2n) is 5.24. The molecule has 2 aromatic carbocycles. The quantitative estimate of drug-likeness (QED) is 0.469. The molecule has 0 bridgehead atoms. The summed E-state index contributed by atoms with van der Waals surface area (Å²) in [6, 6.07) is 11.4. The summed E-state index contributed by atoms with van der Waals surface area (Å²) >= 11 is 0. The number of nitrogens with one attached hydrogen (secondary N) is 1. The van der Waals surface area contributed by atoms with Crippen molar-refractivity contribution in [1.29, 1.82) is 0 Å². The topological polar surface area (TPSA) is 121 Å².